The molecular weight excluding hydrogens is 176 g/mol. The molecule has 1 atom stereocenters. The molecule has 0 aliphatic heterocycles. The first kappa shape index (κ1) is 11.2. The third-order valence-electron chi connectivity index (χ3n) is 2.20. The summed E-state index contributed by atoms with van der Waals surface area (Å²) in [5, 5.41) is 0. The van der Waals surface area contributed by atoms with E-state index in [9.17, 15) is 0 Å². The van der Waals surface area contributed by atoms with Gasteiger partial charge in [-0.2, -0.15) is 0 Å². The number of benzene rings is 1. The highest BCUT2D eigenvalue weighted by molar-refractivity contribution is 5.13. The van der Waals surface area contributed by atoms with Gasteiger partial charge in [0.1, 0.15) is 0 Å². The molecule has 78 valence electrons. The molecule has 0 aromatic heterocycles. The molecule has 2 nitrogen and oxygen atoms in total. The molecule has 1 unspecified atom stereocenters. The Balaban J connectivity index is 2.21. The third-order valence-corrected chi connectivity index (χ3v) is 2.20. The standard InChI is InChI=1S/C12H18O2/c1-3-12(13-2)10-14-9-11-7-5-4-6-8-11/h4-8,12H,3,9-10H2,1-2H3. The molecule has 0 aliphatic carbocycles. The van der Waals surface area contributed by atoms with Crippen LogP contribution in [0.2, 0.25) is 0 Å². The number of hydrogen-bond donors (Lipinski definition) is 0. The van der Waals surface area contributed by atoms with E-state index in [1.807, 2.05) is 18.2 Å². The molecule has 1 aromatic carbocycles. The molecule has 14 heavy (non-hydrogen) atoms. The van der Waals surface area contributed by atoms with E-state index in [1.54, 1.807) is 7.11 Å². The van der Waals surface area contributed by atoms with Gasteiger partial charge in [0.25, 0.3) is 0 Å². The van der Waals surface area contributed by atoms with Gasteiger partial charge in [0.05, 0.1) is 19.3 Å². The average Bonchev–Trinajstić information content (AvgIpc) is 2.26. The molecule has 0 aliphatic rings. The summed E-state index contributed by atoms with van der Waals surface area (Å²) in [6.07, 6.45) is 1.21. The fraction of sp³-hybridized carbons (Fsp3) is 0.500. The first-order valence-corrected chi connectivity index (χ1v) is 5.01. The smallest absolute Gasteiger partial charge is 0.0802 e. The number of hydrogen-bond acceptors (Lipinski definition) is 2. The zero-order chi connectivity index (χ0) is 10.2. The van der Waals surface area contributed by atoms with Gasteiger partial charge in [0.15, 0.2) is 0 Å². The minimum Gasteiger partial charge on any atom is -0.379 e. The normalized spacial score (nSPS) is 12.7. The van der Waals surface area contributed by atoms with Gasteiger partial charge in [0, 0.05) is 7.11 Å². The summed E-state index contributed by atoms with van der Waals surface area (Å²) in [6.45, 7) is 3.43. The van der Waals surface area contributed by atoms with Crippen LogP contribution in [-0.2, 0) is 16.1 Å². The van der Waals surface area contributed by atoms with Crippen molar-refractivity contribution >= 4 is 0 Å². The summed E-state index contributed by atoms with van der Waals surface area (Å²) in [5.74, 6) is 0. The largest absolute Gasteiger partial charge is 0.379 e. The second kappa shape index (κ2) is 6.57. The maximum Gasteiger partial charge on any atom is 0.0802 e. The Morgan fingerprint density at radius 1 is 1.21 bits per heavy atom. The number of ether oxygens (including phenoxy) is 2. The molecule has 0 fully saturated rings. The van der Waals surface area contributed by atoms with Crippen molar-refractivity contribution in [3.63, 3.8) is 0 Å². The van der Waals surface area contributed by atoms with Crippen molar-refractivity contribution in [2.45, 2.75) is 26.1 Å². The van der Waals surface area contributed by atoms with Crippen molar-refractivity contribution in [2.24, 2.45) is 0 Å². The fourth-order valence-corrected chi connectivity index (χ4v) is 1.24. The zero-order valence-corrected chi connectivity index (χ0v) is 8.90. The van der Waals surface area contributed by atoms with Crippen LogP contribution in [0.25, 0.3) is 0 Å². The van der Waals surface area contributed by atoms with Crippen molar-refractivity contribution in [3.05, 3.63) is 35.9 Å². The van der Waals surface area contributed by atoms with Gasteiger partial charge in [-0.1, -0.05) is 37.3 Å². The van der Waals surface area contributed by atoms with E-state index < -0.39 is 0 Å². The summed E-state index contributed by atoms with van der Waals surface area (Å²) in [7, 11) is 1.72. The summed E-state index contributed by atoms with van der Waals surface area (Å²) >= 11 is 0. The summed E-state index contributed by atoms with van der Waals surface area (Å²) < 4.78 is 10.8. The second-order valence-electron chi connectivity index (χ2n) is 3.27. The lowest BCUT2D eigenvalue weighted by Crippen LogP contribution is -2.16. The Labute approximate surface area is 85.8 Å². The van der Waals surface area contributed by atoms with Crippen molar-refractivity contribution in [2.75, 3.05) is 13.7 Å². The van der Waals surface area contributed by atoms with Crippen LogP contribution in [0.4, 0.5) is 0 Å². The number of rotatable bonds is 6. The molecule has 1 rings (SSSR count). The third kappa shape index (κ3) is 3.90. The van der Waals surface area contributed by atoms with Gasteiger partial charge in [-0.05, 0) is 12.0 Å². The van der Waals surface area contributed by atoms with Crippen LogP contribution in [0.15, 0.2) is 30.3 Å². The van der Waals surface area contributed by atoms with E-state index in [0.717, 1.165) is 6.42 Å². The van der Waals surface area contributed by atoms with Crippen molar-refractivity contribution in [3.8, 4) is 0 Å². The van der Waals surface area contributed by atoms with Gasteiger partial charge in [-0.25, -0.2) is 0 Å². The van der Waals surface area contributed by atoms with E-state index in [4.69, 9.17) is 9.47 Å². The summed E-state index contributed by atoms with van der Waals surface area (Å²) in [6, 6.07) is 10.2. The minimum atomic E-state index is 0.221. The van der Waals surface area contributed by atoms with Crippen molar-refractivity contribution < 1.29 is 9.47 Å². The lowest BCUT2D eigenvalue weighted by molar-refractivity contribution is 0.000533. The quantitative estimate of drug-likeness (QED) is 0.693. The first-order chi connectivity index (χ1) is 6.86. The molecule has 0 saturated heterocycles. The lowest BCUT2D eigenvalue weighted by atomic mass is 10.2. The van der Waals surface area contributed by atoms with Crippen LogP contribution in [0.5, 0.6) is 0 Å². The maximum absolute atomic E-state index is 5.54. The van der Waals surface area contributed by atoms with Crippen LogP contribution in [0.1, 0.15) is 18.9 Å². The molecule has 0 bridgehead atoms. The monoisotopic (exact) mass is 194 g/mol. The van der Waals surface area contributed by atoms with Crippen LogP contribution >= 0.6 is 0 Å². The van der Waals surface area contributed by atoms with Gasteiger partial charge in [0.2, 0.25) is 0 Å². The predicted molar refractivity (Wildman–Crippen MR) is 57.2 cm³/mol. The Hall–Kier alpha value is -0.860. The molecule has 1 aromatic rings. The molecular formula is C12H18O2. The maximum atomic E-state index is 5.54. The van der Waals surface area contributed by atoms with Crippen molar-refractivity contribution in [1.82, 2.24) is 0 Å². The molecule has 0 heterocycles. The van der Waals surface area contributed by atoms with Crippen LogP contribution in [0.3, 0.4) is 0 Å². The van der Waals surface area contributed by atoms with E-state index in [0.29, 0.717) is 13.2 Å². The fourth-order valence-electron chi connectivity index (χ4n) is 1.24. The van der Waals surface area contributed by atoms with Gasteiger partial charge >= 0.3 is 0 Å². The Bertz CT molecular complexity index is 229. The summed E-state index contributed by atoms with van der Waals surface area (Å²) in [5.41, 5.74) is 1.21. The Kier molecular flexibility index (Phi) is 5.27. The molecule has 0 spiro atoms. The summed E-state index contributed by atoms with van der Waals surface area (Å²) in [4.78, 5) is 0. The van der Waals surface area contributed by atoms with Crippen LogP contribution < -0.4 is 0 Å². The molecule has 0 radical (unpaired) electrons. The highest BCUT2D eigenvalue weighted by Gasteiger charge is 2.03. The van der Waals surface area contributed by atoms with Gasteiger partial charge in [-0.15, -0.1) is 0 Å². The molecule has 0 saturated carbocycles. The lowest BCUT2D eigenvalue weighted by Gasteiger charge is -2.12. The topological polar surface area (TPSA) is 18.5 Å². The zero-order valence-electron chi connectivity index (χ0n) is 8.90. The molecule has 2 heteroatoms. The van der Waals surface area contributed by atoms with E-state index in [1.165, 1.54) is 5.56 Å². The Morgan fingerprint density at radius 2 is 1.93 bits per heavy atom. The number of methoxy groups -OCH3 is 1. The van der Waals surface area contributed by atoms with Gasteiger partial charge in [-0.3, -0.25) is 0 Å². The second-order valence-corrected chi connectivity index (χ2v) is 3.27. The SMILES string of the molecule is CCC(COCc1ccccc1)OC. The Morgan fingerprint density at radius 3 is 2.50 bits per heavy atom. The van der Waals surface area contributed by atoms with Crippen LogP contribution in [0, 0.1) is 0 Å². The van der Waals surface area contributed by atoms with E-state index >= 15 is 0 Å². The highest BCUT2D eigenvalue weighted by Crippen LogP contribution is 2.03. The van der Waals surface area contributed by atoms with Gasteiger partial charge < -0.3 is 9.47 Å². The predicted octanol–water partition coefficient (Wildman–Crippen LogP) is 2.63. The van der Waals surface area contributed by atoms with E-state index in [2.05, 4.69) is 19.1 Å². The molecule has 0 amide bonds. The molecule has 0 N–H and O–H groups in total. The highest BCUT2D eigenvalue weighted by atomic mass is 16.5. The van der Waals surface area contributed by atoms with E-state index in [-0.39, 0.29) is 6.10 Å². The first-order valence-electron chi connectivity index (χ1n) is 5.01. The minimum absolute atomic E-state index is 0.221. The van der Waals surface area contributed by atoms with Crippen molar-refractivity contribution in [1.29, 1.82) is 0 Å². The average molecular weight is 194 g/mol. The van der Waals surface area contributed by atoms with Crippen LogP contribution in [-0.4, -0.2) is 19.8 Å².